The number of anilines is 3. The summed E-state index contributed by atoms with van der Waals surface area (Å²) in [6.07, 6.45) is 4.20. The number of rotatable bonds is 3. The summed E-state index contributed by atoms with van der Waals surface area (Å²) >= 11 is 0. The SMILES string of the molecule is CC1(C)c2ccccc2N(c2nccc3c(-c4ccccc4)cn(-c4ccccc4)c23)c2ccccc21. The zero-order valence-corrected chi connectivity index (χ0v) is 21.0. The van der Waals surface area contributed by atoms with Crippen LogP contribution in [0.1, 0.15) is 25.0 Å². The van der Waals surface area contributed by atoms with E-state index < -0.39 is 0 Å². The number of fused-ring (bicyclic) bond motifs is 3. The Bertz CT molecular complexity index is 1700. The molecule has 37 heavy (non-hydrogen) atoms. The van der Waals surface area contributed by atoms with E-state index in [1.54, 1.807) is 0 Å². The monoisotopic (exact) mass is 477 g/mol. The lowest BCUT2D eigenvalue weighted by Gasteiger charge is -2.41. The molecule has 0 unspecified atom stereocenters. The number of hydrogen-bond acceptors (Lipinski definition) is 2. The predicted octanol–water partition coefficient (Wildman–Crippen LogP) is 8.80. The van der Waals surface area contributed by atoms with Crippen LogP contribution in [-0.4, -0.2) is 9.55 Å². The first kappa shape index (κ1) is 21.6. The van der Waals surface area contributed by atoms with Gasteiger partial charge in [0.05, 0.1) is 16.9 Å². The summed E-state index contributed by atoms with van der Waals surface area (Å²) in [7, 11) is 0. The van der Waals surface area contributed by atoms with E-state index in [-0.39, 0.29) is 5.41 Å². The fraction of sp³-hybridized carbons (Fsp3) is 0.0882. The maximum absolute atomic E-state index is 5.07. The largest absolute Gasteiger partial charge is 0.313 e. The highest BCUT2D eigenvalue weighted by Gasteiger charge is 2.37. The fourth-order valence-corrected chi connectivity index (χ4v) is 5.86. The van der Waals surface area contributed by atoms with Crippen molar-refractivity contribution in [2.75, 3.05) is 4.90 Å². The Labute approximate surface area is 217 Å². The van der Waals surface area contributed by atoms with Gasteiger partial charge >= 0.3 is 0 Å². The van der Waals surface area contributed by atoms with E-state index in [2.05, 4.69) is 145 Å². The van der Waals surface area contributed by atoms with E-state index in [4.69, 9.17) is 4.98 Å². The van der Waals surface area contributed by atoms with Gasteiger partial charge in [-0.3, -0.25) is 4.90 Å². The van der Waals surface area contributed by atoms with Crippen LogP contribution in [0.25, 0.3) is 27.7 Å². The minimum atomic E-state index is -0.117. The maximum atomic E-state index is 5.07. The van der Waals surface area contributed by atoms with Crippen molar-refractivity contribution in [1.29, 1.82) is 0 Å². The van der Waals surface area contributed by atoms with E-state index in [9.17, 15) is 0 Å². The Kier molecular flexibility index (Phi) is 4.80. The molecule has 0 bridgehead atoms. The molecular formula is C34H27N3. The topological polar surface area (TPSA) is 21.1 Å². The molecule has 6 aromatic rings. The third-order valence-electron chi connectivity index (χ3n) is 7.66. The molecule has 2 aromatic heterocycles. The van der Waals surface area contributed by atoms with Crippen molar-refractivity contribution in [3.63, 3.8) is 0 Å². The highest BCUT2D eigenvalue weighted by molar-refractivity contribution is 6.05. The standard InChI is InChI=1S/C34H27N3/c1-34(2)28-17-9-11-19-30(28)37(31-20-12-10-18-29(31)34)33-32-26(21-22-35-33)27(24-13-5-3-6-14-24)23-36(32)25-15-7-4-8-16-25/h3-23H,1-2H3. The minimum Gasteiger partial charge on any atom is -0.313 e. The predicted molar refractivity (Wildman–Crippen MR) is 153 cm³/mol. The number of para-hydroxylation sites is 3. The van der Waals surface area contributed by atoms with Gasteiger partial charge in [-0.25, -0.2) is 4.98 Å². The lowest BCUT2D eigenvalue weighted by molar-refractivity contribution is 0.631. The Balaban J connectivity index is 1.59. The summed E-state index contributed by atoms with van der Waals surface area (Å²) in [5, 5.41) is 1.18. The van der Waals surface area contributed by atoms with Crippen LogP contribution < -0.4 is 4.90 Å². The quantitative estimate of drug-likeness (QED) is 0.254. The average molecular weight is 478 g/mol. The Morgan fingerprint density at radius 1 is 0.622 bits per heavy atom. The Hall–Kier alpha value is -4.63. The smallest absolute Gasteiger partial charge is 0.162 e. The normalized spacial score (nSPS) is 13.8. The van der Waals surface area contributed by atoms with E-state index in [1.165, 1.54) is 39.0 Å². The van der Waals surface area contributed by atoms with Gasteiger partial charge in [-0.05, 0) is 47.0 Å². The van der Waals surface area contributed by atoms with Crippen LogP contribution in [0.15, 0.2) is 128 Å². The Morgan fingerprint density at radius 3 is 1.84 bits per heavy atom. The van der Waals surface area contributed by atoms with Crippen molar-refractivity contribution in [3.8, 4) is 16.8 Å². The maximum Gasteiger partial charge on any atom is 0.162 e. The highest BCUT2D eigenvalue weighted by atomic mass is 15.2. The highest BCUT2D eigenvalue weighted by Crippen LogP contribution is 2.52. The summed E-state index contributed by atoms with van der Waals surface area (Å²) in [5.74, 6) is 0.930. The van der Waals surface area contributed by atoms with Crippen LogP contribution in [-0.2, 0) is 5.41 Å². The molecule has 0 amide bonds. The molecule has 7 rings (SSSR count). The molecule has 4 aromatic carbocycles. The van der Waals surface area contributed by atoms with Gasteiger partial charge in [0, 0.05) is 34.4 Å². The van der Waals surface area contributed by atoms with Gasteiger partial charge in [-0.15, -0.1) is 0 Å². The van der Waals surface area contributed by atoms with Gasteiger partial charge < -0.3 is 4.57 Å². The van der Waals surface area contributed by atoms with Gasteiger partial charge in [0.25, 0.3) is 0 Å². The van der Waals surface area contributed by atoms with Crippen LogP contribution >= 0.6 is 0 Å². The van der Waals surface area contributed by atoms with Crippen LogP contribution in [0.4, 0.5) is 17.2 Å². The lowest BCUT2D eigenvalue weighted by Crippen LogP contribution is -2.31. The molecule has 1 aliphatic rings. The third-order valence-corrected chi connectivity index (χ3v) is 7.66. The molecule has 0 saturated heterocycles. The minimum absolute atomic E-state index is 0.117. The molecule has 1 aliphatic heterocycles. The molecule has 0 radical (unpaired) electrons. The molecule has 3 nitrogen and oxygen atoms in total. The van der Waals surface area contributed by atoms with Gasteiger partial charge in [0.2, 0.25) is 0 Å². The number of aromatic nitrogens is 2. The van der Waals surface area contributed by atoms with Gasteiger partial charge in [-0.2, -0.15) is 0 Å². The molecule has 3 heteroatoms. The van der Waals surface area contributed by atoms with Crippen LogP contribution in [0.2, 0.25) is 0 Å². The summed E-state index contributed by atoms with van der Waals surface area (Å²) in [5.41, 5.74) is 9.43. The first-order chi connectivity index (χ1) is 18.1. The zero-order chi connectivity index (χ0) is 25.0. The van der Waals surface area contributed by atoms with Gasteiger partial charge in [0.15, 0.2) is 5.82 Å². The van der Waals surface area contributed by atoms with Crippen molar-refractivity contribution >= 4 is 28.1 Å². The summed E-state index contributed by atoms with van der Waals surface area (Å²) in [6, 6.07) is 40.8. The first-order valence-corrected chi connectivity index (χ1v) is 12.7. The van der Waals surface area contributed by atoms with Crippen LogP contribution in [0, 0.1) is 0 Å². The second-order valence-corrected chi connectivity index (χ2v) is 10.1. The van der Waals surface area contributed by atoms with Crippen molar-refractivity contribution in [2.24, 2.45) is 0 Å². The molecule has 0 fully saturated rings. The van der Waals surface area contributed by atoms with E-state index in [1.807, 2.05) is 6.20 Å². The molecule has 0 spiro atoms. The summed E-state index contributed by atoms with van der Waals surface area (Å²) in [4.78, 5) is 7.43. The number of benzene rings is 4. The molecular weight excluding hydrogens is 450 g/mol. The molecule has 178 valence electrons. The first-order valence-electron chi connectivity index (χ1n) is 12.7. The van der Waals surface area contributed by atoms with Crippen molar-refractivity contribution in [2.45, 2.75) is 19.3 Å². The van der Waals surface area contributed by atoms with Crippen molar-refractivity contribution < 1.29 is 0 Å². The molecule has 0 saturated carbocycles. The number of hydrogen-bond donors (Lipinski definition) is 0. The second-order valence-electron chi connectivity index (χ2n) is 10.1. The molecule has 0 aliphatic carbocycles. The number of pyridine rings is 1. The molecule has 0 atom stereocenters. The van der Waals surface area contributed by atoms with Crippen LogP contribution in [0.3, 0.4) is 0 Å². The fourth-order valence-electron chi connectivity index (χ4n) is 5.86. The molecule has 3 heterocycles. The molecule has 0 N–H and O–H groups in total. The van der Waals surface area contributed by atoms with Crippen LogP contribution in [0.5, 0.6) is 0 Å². The summed E-state index contributed by atoms with van der Waals surface area (Å²) < 4.78 is 2.30. The van der Waals surface area contributed by atoms with Gasteiger partial charge in [-0.1, -0.05) is 98.8 Å². The van der Waals surface area contributed by atoms with E-state index in [0.29, 0.717) is 0 Å². The summed E-state index contributed by atoms with van der Waals surface area (Å²) in [6.45, 7) is 4.63. The Morgan fingerprint density at radius 2 is 1.19 bits per heavy atom. The van der Waals surface area contributed by atoms with E-state index >= 15 is 0 Å². The average Bonchev–Trinajstić information content (AvgIpc) is 3.35. The van der Waals surface area contributed by atoms with Crippen molar-refractivity contribution in [3.05, 3.63) is 139 Å². The third kappa shape index (κ3) is 3.24. The van der Waals surface area contributed by atoms with Crippen molar-refractivity contribution in [1.82, 2.24) is 9.55 Å². The zero-order valence-electron chi connectivity index (χ0n) is 21.0. The van der Waals surface area contributed by atoms with E-state index in [0.717, 1.165) is 17.0 Å². The second kappa shape index (κ2) is 8.21. The van der Waals surface area contributed by atoms with Gasteiger partial charge in [0.1, 0.15) is 0 Å². The number of nitrogens with zero attached hydrogens (tertiary/aromatic N) is 3. The lowest BCUT2D eigenvalue weighted by atomic mass is 9.73.